The van der Waals surface area contributed by atoms with E-state index in [1.54, 1.807) is 0 Å². The first-order valence-corrected chi connectivity index (χ1v) is 11.1. The second-order valence-corrected chi connectivity index (χ2v) is 8.89. The highest BCUT2D eigenvalue weighted by atomic mass is 15.4. The third-order valence-corrected chi connectivity index (χ3v) is 6.91. The molecule has 28 heavy (non-hydrogen) atoms. The molecule has 0 radical (unpaired) electrons. The zero-order valence-electron chi connectivity index (χ0n) is 17.2. The maximum atomic E-state index is 5.16. The largest absolute Gasteiger partial charge is 0.342 e. The van der Waals surface area contributed by atoms with Crippen LogP contribution in [0.15, 0.2) is 18.2 Å². The average molecular weight is 378 g/mol. The smallest absolute Gasteiger partial charge is 0.213 e. The van der Waals surface area contributed by atoms with Crippen LogP contribution in [0.5, 0.6) is 0 Å². The van der Waals surface area contributed by atoms with Crippen molar-refractivity contribution in [3.05, 3.63) is 29.6 Å². The van der Waals surface area contributed by atoms with Crippen LogP contribution in [0.25, 0.3) is 16.6 Å². The highest BCUT2D eigenvalue weighted by molar-refractivity contribution is 5.93. The van der Waals surface area contributed by atoms with Gasteiger partial charge in [0.2, 0.25) is 5.95 Å². The molecular formula is C23H31N5. The second kappa shape index (κ2) is 7.34. The van der Waals surface area contributed by atoms with Crippen molar-refractivity contribution in [3.8, 4) is 0 Å². The van der Waals surface area contributed by atoms with Gasteiger partial charge in [0.25, 0.3) is 0 Å². The van der Waals surface area contributed by atoms with E-state index in [-0.39, 0.29) is 0 Å². The summed E-state index contributed by atoms with van der Waals surface area (Å²) >= 11 is 0. The Kier molecular flexibility index (Phi) is 4.69. The van der Waals surface area contributed by atoms with Gasteiger partial charge in [0.1, 0.15) is 5.82 Å². The molecular weight excluding hydrogens is 346 g/mol. The molecule has 2 heterocycles. The van der Waals surface area contributed by atoms with Crippen LogP contribution >= 0.6 is 0 Å². The van der Waals surface area contributed by atoms with Gasteiger partial charge >= 0.3 is 0 Å². The molecule has 0 bridgehead atoms. The predicted octanol–water partition coefficient (Wildman–Crippen LogP) is 5.40. The summed E-state index contributed by atoms with van der Waals surface area (Å²) in [6.07, 6.45) is 12.9. The van der Waals surface area contributed by atoms with Crippen molar-refractivity contribution in [3.63, 3.8) is 0 Å². The van der Waals surface area contributed by atoms with Crippen molar-refractivity contribution >= 4 is 22.5 Å². The number of hydrogen-bond acceptors (Lipinski definition) is 4. The quantitative estimate of drug-likeness (QED) is 0.613. The summed E-state index contributed by atoms with van der Waals surface area (Å²) in [5.74, 6) is 2.67. The zero-order chi connectivity index (χ0) is 19.1. The third kappa shape index (κ3) is 3.05. The van der Waals surface area contributed by atoms with Crippen LogP contribution < -0.4 is 4.90 Å². The van der Waals surface area contributed by atoms with E-state index in [1.807, 2.05) is 0 Å². The van der Waals surface area contributed by atoms with E-state index in [4.69, 9.17) is 15.2 Å². The molecule has 0 N–H and O–H groups in total. The van der Waals surface area contributed by atoms with E-state index in [1.165, 1.54) is 69.8 Å². The van der Waals surface area contributed by atoms with E-state index in [0.29, 0.717) is 12.0 Å². The Morgan fingerprint density at radius 1 is 0.929 bits per heavy atom. The first-order valence-electron chi connectivity index (χ1n) is 11.1. The number of aryl methyl sites for hydroxylation is 1. The van der Waals surface area contributed by atoms with E-state index in [9.17, 15) is 0 Å². The van der Waals surface area contributed by atoms with Crippen LogP contribution in [0.3, 0.4) is 0 Å². The summed E-state index contributed by atoms with van der Waals surface area (Å²) in [4.78, 5) is 7.57. The van der Waals surface area contributed by atoms with Crippen molar-refractivity contribution in [2.45, 2.75) is 83.1 Å². The van der Waals surface area contributed by atoms with Crippen LogP contribution in [0.2, 0.25) is 0 Å². The highest BCUT2D eigenvalue weighted by Crippen LogP contribution is 2.35. The summed E-state index contributed by atoms with van der Waals surface area (Å²) < 4.78 is 2.30. The van der Waals surface area contributed by atoms with Gasteiger partial charge in [0.15, 0.2) is 5.65 Å². The molecule has 0 unspecified atom stereocenters. The van der Waals surface area contributed by atoms with Crippen LogP contribution in [-0.2, 0) is 0 Å². The molecule has 2 saturated carbocycles. The fraction of sp³-hybridized carbons (Fsp3) is 0.609. The average Bonchev–Trinajstić information content (AvgIpc) is 3.19. The minimum atomic E-state index is 0.506. The van der Waals surface area contributed by atoms with Gasteiger partial charge in [0.05, 0.1) is 5.52 Å². The van der Waals surface area contributed by atoms with Crippen molar-refractivity contribution in [2.24, 2.45) is 0 Å². The Bertz CT molecular complexity index is 979. The first-order chi connectivity index (χ1) is 13.7. The normalized spacial score (nSPS) is 19.5. The van der Waals surface area contributed by atoms with Gasteiger partial charge in [-0.05, 0) is 44.7 Å². The maximum Gasteiger partial charge on any atom is 0.213 e. The van der Waals surface area contributed by atoms with Gasteiger partial charge in [-0.1, -0.05) is 50.2 Å². The van der Waals surface area contributed by atoms with Gasteiger partial charge in [-0.3, -0.25) is 0 Å². The van der Waals surface area contributed by atoms with Crippen molar-refractivity contribution in [1.29, 1.82) is 0 Å². The lowest BCUT2D eigenvalue weighted by atomic mass is 9.89. The Morgan fingerprint density at radius 3 is 2.39 bits per heavy atom. The van der Waals surface area contributed by atoms with Crippen molar-refractivity contribution in [1.82, 2.24) is 19.6 Å². The molecule has 2 aliphatic carbocycles. The minimum Gasteiger partial charge on any atom is -0.342 e. The molecule has 2 fully saturated rings. The summed E-state index contributed by atoms with van der Waals surface area (Å²) in [7, 11) is 2.22. The number of hydrogen-bond donors (Lipinski definition) is 0. The lowest BCUT2D eigenvalue weighted by Crippen LogP contribution is -2.35. The number of rotatable bonds is 3. The SMILES string of the molecule is Cc1ccc2nc(N(C)C3CCCCC3)n3c(C4CCCCC4)nnc3c2c1. The molecule has 0 aliphatic heterocycles. The predicted molar refractivity (Wildman–Crippen MR) is 114 cm³/mol. The van der Waals surface area contributed by atoms with Gasteiger partial charge in [-0.2, -0.15) is 0 Å². The van der Waals surface area contributed by atoms with Gasteiger partial charge in [0, 0.05) is 24.4 Å². The fourth-order valence-corrected chi connectivity index (χ4v) is 5.25. The fourth-order valence-electron chi connectivity index (χ4n) is 5.25. The van der Waals surface area contributed by atoms with E-state index in [2.05, 4.69) is 41.5 Å². The van der Waals surface area contributed by atoms with Gasteiger partial charge < -0.3 is 4.90 Å². The molecule has 1 aromatic carbocycles. The molecule has 5 nitrogen and oxygen atoms in total. The minimum absolute atomic E-state index is 0.506. The summed E-state index contributed by atoms with van der Waals surface area (Å²) in [5.41, 5.74) is 3.25. The molecule has 2 aromatic heterocycles. The van der Waals surface area contributed by atoms with E-state index >= 15 is 0 Å². The number of benzene rings is 1. The van der Waals surface area contributed by atoms with Crippen LogP contribution in [0.4, 0.5) is 5.95 Å². The Morgan fingerprint density at radius 2 is 1.64 bits per heavy atom. The molecule has 0 spiro atoms. The van der Waals surface area contributed by atoms with Crippen molar-refractivity contribution < 1.29 is 0 Å². The second-order valence-electron chi connectivity index (χ2n) is 8.89. The molecule has 3 aromatic rings. The Balaban J connectivity index is 1.70. The van der Waals surface area contributed by atoms with Crippen LogP contribution in [0, 0.1) is 6.92 Å². The van der Waals surface area contributed by atoms with Crippen LogP contribution in [-0.4, -0.2) is 32.7 Å². The monoisotopic (exact) mass is 377 g/mol. The number of nitrogens with zero attached hydrogens (tertiary/aromatic N) is 5. The lowest BCUT2D eigenvalue weighted by Gasteiger charge is -2.33. The topological polar surface area (TPSA) is 46.3 Å². The zero-order valence-corrected chi connectivity index (χ0v) is 17.2. The summed E-state index contributed by atoms with van der Waals surface area (Å²) in [6.45, 7) is 2.14. The number of anilines is 1. The summed E-state index contributed by atoms with van der Waals surface area (Å²) in [6, 6.07) is 7.06. The Hall–Kier alpha value is -2.17. The number of aromatic nitrogens is 4. The van der Waals surface area contributed by atoms with Gasteiger partial charge in [-0.15, -0.1) is 10.2 Å². The van der Waals surface area contributed by atoms with Crippen LogP contribution in [0.1, 0.15) is 81.5 Å². The lowest BCUT2D eigenvalue weighted by molar-refractivity contribution is 0.416. The highest BCUT2D eigenvalue weighted by Gasteiger charge is 2.27. The molecule has 0 atom stereocenters. The molecule has 5 rings (SSSR count). The first kappa shape index (κ1) is 17.9. The maximum absolute atomic E-state index is 5.16. The summed E-state index contributed by atoms with van der Waals surface area (Å²) in [5, 5.41) is 10.6. The standard InChI is InChI=1S/C23H31N5/c1-16-13-14-20-19(15-16)22-26-25-21(17-9-5-3-6-10-17)28(22)23(24-20)27(2)18-11-7-4-8-12-18/h13-15,17-18H,3-12H2,1-2H3. The molecule has 148 valence electrons. The number of fused-ring (bicyclic) bond motifs is 3. The molecule has 0 amide bonds. The third-order valence-electron chi connectivity index (χ3n) is 6.91. The molecule has 2 aliphatic rings. The van der Waals surface area contributed by atoms with E-state index in [0.717, 1.165) is 28.3 Å². The Labute approximate surface area is 167 Å². The molecule has 0 saturated heterocycles. The van der Waals surface area contributed by atoms with Crippen molar-refractivity contribution in [2.75, 3.05) is 11.9 Å². The van der Waals surface area contributed by atoms with E-state index < -0.39 is 0 Å². The van der Waals surface area contributed by atoms with Gasteiger partial charge in [-0.25, -0.2) is 9.38 Å². The molecule has 5 heteroatoms.